The van der Waals surface area contributed by atoms with E-state index in [2.05, 4.69) is 36.2 Å². The van der Waals surface area contributed by atoms with E-state index >= 15 is 0 Å². The van der Waals surface area contributed by atoms with Crippen molar-refractivity contribution >= 4 is 0 Å². The summed E-state index contributed by atoms with van der Waals surface area (Å²) in [4.78, 5) is 0. The van der Waals surface area contributed by atoms with Crippen molar-refractivity contribution in [2.24, 2.45) is 5.73 Å². The lowest BCUT2D eigenvalue weighted by atomic mass is 9.76. The molecule has 1 aromatic carbocycles. The third-order valence-electron chi connectivity index (χ3n) is 3.66. The van der Waals surface area contributed by atoms with Gasteiger partial charge in [0.2, 0.25) is 0 Å². The van der Waals surface area contributed by atoms with Gasteiger partial charge in [-0.3, -0.25) is 0 Å². The molecule has 0 amide bonds. The topological polar surface area (TPSA) is 38.0 Å². The Kier molecular flexibility index (Phi) is 3.65. The van der Waals surface area contributed by atoms with Gasteiger partial charge >= 0.3 is 0 Å². The molecule has 1 aliphatic carbocycles. The predicted molar refractivity (Wildman–Crippen MR) is 72.9 cm³/mol. The lowest BCUT2D eigenvalue weighted by molar-refractivity contribution is 0.302. The molecule has 3 N–H and O–H groups in total. The number of hydrogen-bond donors (Lipinski definition) is 2. The molecule has 0 aliphatic heterocycles. The molecule has 0 aromatic heterocycles. The zero-order valence-electron chi connectivity index (χ0n) is 10.6. The van der Waals surface area contributed by atoms with Crippen LogP contribution >= 0.6 is 0 Å². The van der Waals surface area contributed by atoms with Crippen molar-refractivity contribution in [3.8, 4) is 0 Å². The molecule has 0 bridgehead atoms. The number of aryl methyl sites for hydroxylation is 1. The molecule has 2 nitrogen and oxygen atoms in total. The van der Waals surface area contributed by atoms with Gasteiger partial charge in [-0.2, -0.15) is 0 Å². The summed E-state index contributed by atoms with van der Waals surface area (Å²) in [6, 6.07) is 8.66. The third kappa shape index (κ3) is 2.43. The van der Waals surface area contributed by atoms with E-state index in [9.17, 15) is 0 Å². The van der Waals surface area contributed by atoms with Crippen LogP contribution in [0.5, 0.6) is 0 Å². The van der Waals surface area contributed by atoms with E-state index in [4.69, 9.17) is 5.73 Å². The van der Waals surface area contributed by atoms with Gasteiger partial charge in [-0.25, -0.2) is 0 Å². The molecule has 0 spiro atoms. The Morgan fingerprint density at radius 1 is 1.47 bits per heavy atom. The number of benzene rings is 1. The summed E-state index contributed by atoms with van der Waals surface area (Å²) in [5, 5.41) is 3.62. The molecule has 0 heterocycles. The van der Waals surface area contributed by atoms with E-state index in [0.29, 0.717) is 6.54 Å². The minimum Gasteiger partial charge on any atom is -0.328 e. The molecule has 0 fully saturated rings. The fraction of sp³-hybridized carbons (Fsp3) is 0.467. The maximum Gasteiger partial charge on any atom is 0.0564 e. The smallest absolute Gasteiger partial charge is 0.0564 e. The zero-order valence-corrected chi connectivity index (χ0v) is 10.6. The first-order valence-corrected chi connectivity index (χ1v) is 6.36. The Balaban J connectivity index is 2.31. The first-order valence-electron chi connectivity index (χ1n) is 6.36. The molecule has 1 aliphatic rings. The molecule has 0 saturated carbocycles. The first-order chi connectivity index (χ1) is 8.18. The maximum atomic E-state index is 6.05. The Morgan fingerprint density at radius 2 is 2.24 bits per heavy atom. The standard InChI is InChI=1S/C15H22N2/c1-12(2)10-17-15(11-16)9-5-7-13-6-3-4-8-14(13)15/h3-4,6,8,17H,1,5,7,9-11,16H2,2H3. The molecular weight excluding hydrogens is 208 g/mol. The van der Waals surface area contributed by atoms with Crippen LogP contribution in [0.2, 0.25) is 0 Å². The Labute approximate surface area is 104 Å². The van der Waals surface area contributed by atoms with Gasteiger partial charge < -0.3 is 11.1 Å². The van der Waals surface area contributed by atoms with E-state index in [1.807, 2.05) is 6.92 Å². The second kappa shape index (κ2) is 5.03. The van der Waals surface area contributed by atoms with Crippen LogP contribution in [-0.4, -0.2) is 13.1 Å². The van der Waals surface area contributed by atoms with Crippen LogP contribution in [0.25, 0.3) is 0 Å². The van der Waals surface area contributed by atoms with Gasteiger partial charge in [0.05, 0.1) is 5.54 Å². The zero-order chi connectivity index (χ0) is 12.3. The van der Waals surface area contributed by atoms with Crippen molar-refractivity contribution in [1.29, 1.82) is 0 Å². The number of fused-ring (bicyclic) bond motifs is 1. The van der Waals surface area contributed by atoms with E-state index < -0.39 is 0 Å². The molecular formula is C15H22N2. The number of nitrogens with two attached hydrogens (primary N) is 1. The highest BCUT2D eigenvalue weighted by molar-refractivity contribution is 5.36. The quantitative estimate of drug-likeness (QED) is 0.779. The summed E-state index contributed by atoms with van der Waals surface area (Å²) < 4.78 is 0. The number of rotatable bonds is 4. The largest absolute Gasteiger partial charge is 0.328 e. The van der Waals surface area contributed by atoms with Crippen molar-refractivity contribution in [2.75, 3.05) is 13.1 Å². The minimum atomic E-state index is -0.0478. The number of hydrogen-bond acceptors (Lipinski definition) is 2. The van der Waals surface area contributed by atoms with Crippen LogP contribution < -0.4 is 11.1 Å². The Hall–Kier alpha value is -1.12. The van der Waals surface area contributed by atoms with Gasteiger partial charge in [0, 0.05) is 13.1 Å². The maximum absolute atomic E-state index is 6.05. The average Bonchev–Trinajstić information content (AvgIpc) is 2.36. The normalized spacial score (nSPS) is 23.2. The molecule has 0 radical (unpaired) electrons. The van der Waals surface area contributed by atoms with Gasteiger partial charge in [-0.15, -0.1) is 0 Å². The summed E-state index contributed by atoms with van der Waals surface area (Å²) in [5.74, 6) is 0. The predicted octanol–water partition coefficient (Wildman–Crippen LogP) is 2.34. The molecule has 1 unspecified atom stereocenters. The van der Waals surface area contributed by atoms with Crippen molar-refractivity contribution in [2.45, 2.75) is 31.7 Å². The Morgan fingerprint density at radius 3 is 2.94 bits per heavy atom. The lowest BCUT2D eigenvalue weighted by Crippen LogP contribution is -2.50. The summed E-state index contributed by atoms with van der Waals surface area (Å²) in [6.45, 7) is 7.49. The monoisotopic (exact) mass is 230 g/mol. The van der Waals surface area contributed by atoms with Crippen LogP contribution in [0, 0.1) is 0 Å². The second-order valence-electron chi connectivity index (χ2n) is 5.11. The van der Waals surface area contributed by atoms with E-state index in [0.717, 1.165) is 18.5 Å². The molecule has 92 valence electrons. The average molecular weight is 230 g/mol. The summed E-state index contributed by atoms with van der Waals surface area (Å²) in [6.07, 6.45) is 3.50. The van der Waals surface area contributed by atoms with Crippen LogP contribution in [0.15, 0.2) is 36.4 Å². The molecule has 1 aromatic rings. The SMILES string of the molecule is C=C(C)CNC1(CN)CCCc2ccccc21. The van der Waals surface area contributed by atoms with E-state index in [1.165, 1.54) is 24.0 Å². The number of nitrogens with one attached hydrogen (secondary N) is 1. The molecule has 0 saturated heterocycles. The molecule has 2 rings (SSSR count). The van der Waals surface area contributed by atoms with Crippen molar-refractivity contribution in [1.82, 2.24) is 5.32 Å². The van der Waals surface area contributed by atoms with Gasteiger partial charge in [-0.1, -0.05) is 36.4 Å². The van der Waals surface area contributed by atoms with Crippen LogP contribution in [0.3, 0.4) is 0 Å². The van der Waals surface area contributed by atoms with Crippen molar-refractivity contribution in [3.05, 3.63) is 47.5 Å². The van der Waals surface area contributed by atoms with Gasteiger partial charge in [0.25, 0.3) is 0 Å². The minimum absolute atomic E-state index is 0.0478. The fourth-order valence-electron chi connectivity index (χ4n) is 2.71. The highest BCUT2D eigenvalue weighted by Crippen LogP contribution is 2.34. The highest BCUT2D eigenvalue weighted by Gasteiger charge is 2.34. The summed E-state index contributed by atoms with van der Waals surface area (Å²) in [7, 11) is 0. The van der Waals surface area contributed by atoms with Crippen LogP contribution in [-0.2, 0) is 12.0 Å². The second-order valence-corrected chi connectivity index (χ2v) is 5.11. The van der Waals surface area contributed by atoms with Crippen LogP contribution in [0.1, 0.15) is 30.9 Å². The van der Waals surface area contributed by atoms with Crippen LogP contribution in [0.4, 0.5) is 0 Å². The molecule has 2 heteroatoms. The fourth-order valence-corrected chi connectivity index (χ4v) is 2.71. The van der Waals surface area contributed by atoms with Gasteiger partial charge in [0.15, 0.2) is 0 Å². The van der Waals surface area contributed by atoms with Gasteiger partial charge in [-0.05, 0) is 37.3 Å². The van der Waals surface area contributed by atoms with Crippen molar-refractivity contribution < 1.29 is 0 Å². The highest BCUT2D eigenvalue weighted by atomic mass is 15.0. The molecule has 1 atom stereocenters. The lowest BCUT2D eigenvalue weighted by Gasteiger charge is -2.39. The Bertz CT molecular complexity index is 411. The van der Waals surface area contributed by atoms with Crippen molar-refractivity contribution in [3.63, 3.8) is 0 Å². The molecule has 17 heavy (non-hydrogen) atoms. The van der Waals surface area contributed by atoms with Gasteiger partial charge in [0.1, 0.15) is 0 Å². The van der Waals surface area contributed by atoms with E-state index in [1.54, 1.807) is 0 Å². The van der Waals surface area contributed by atoms with E-state index in [-0.39, 0.29) is 5.54 Å². The first kappa shape index (κ1) is 12.3. The summed E-state index contributed by atoms with van der Waals surface area (Å²) in [5.41, 5.74) is 9.98. The summed E-state index contributed by atoms with van der Waals surface area (Å²) >= 11 is 0. The third-order valence-corrected chi connectivity index (χ3v) is 3.66.